The summed E-state index contributed by atoms with van der Waals surface area (Å²) in [6.07, 6.45) is 0.0225. The number of aromatic nitrogens is 1. The minimum atomic E-state index is -0.719. The fourth-order valence-electron chi connectivity index (χ4n) is 3.90. The molecule has 0 radical (unpaired) electrons. The summed E-state index contributed by atoms with van der Waals surface area (Å²) in [6, 6.07) is 21.1. The van der Waals surface area contributed by atoms with Crippen molar-refractivity contribution in [3.8, 4) is 17.0 Å². The van der Waals surface area contributed by atoms with Crippen LogP contribution in [0.1, 0.15) is 17.5 Å². The maximum Gasteiger partial charge on any atom is 0.268 e. The topological polar surface area (TPSA) is 71.5 Å². The number of amides is 2. The number of ether oxygens (including phenoxy) is 1. The lowest BCUT2D eigenvalue weighted by molar-refractivity contribution is -0.127. The molecule has 176 valence electrons. The lowest BCUT2D eigenvalue weighted by atomic mass is 10.1. The average molecular weight is 488 g/mol. The second kappa shape index (κ2) is 9.68. The van der Waals surface area contributed by atoms with E-state index in [0.717, 1.165) is 22.7 Å². The molecule has 4 aromatic rings. The minimum absolute atomic E-state index is 0.198. The van der Waals surface area contributed by atoms with Gasteiger partial charge in [0.05, 0.1) is 16.4 Å². The summed E-state index contributed by atoms with van der Waals surface area (Å²) >= 11 is 1.58. The first-order chi connectivity index (χ1) is 17.0. The van der Waals surface area contributed by atoms with Crippen molar-refractivity contribution in [2.24, 2.45) is 0 Å². The predicted molar refractivity (Wildman–Crippen MR) is 134 cm³/mol. The van der Waals surface area contributed by atoms with Gasteiger partial charge in [-0.3, -0.25) is 14.5 Å². The summed E-state index contributed by atoms with van der Waals surface area (Å²) in [5, 5.41) is 5.68. The number of nitrogens with zero attached hydrogens (tertiary/aromatic N) is 2. The Morgan fingerprint density at radius 2 is 1.89 bits per heavy atom. The zero-order valence-electron chi connectivity index (χ0n) is 18.9. The van der Waals surface area contributed by atoms with Crippen molar-refractivity contribution >= 4 is 34.5 Å². The van der Waals surface area contributed by atoms with Crippen molar-refractivity contribution in [2.75, 3.05) is 16.8 Å². The molecule has 1 unspecified atom stereocenters. The first-order valence-corrected chi connectivity index (χ1v) is 12.0. The van der Waals surface area contributed by atoms with E-state index in [1.165, 1.54) is 34.7 Å². The van der Waals surface area contributed by atoms with Crippen LogP contribution in [0.15, 0.2) is 78.2 Å². The Hall–Kier alpha value is -4.04. The maximum absolute atomic E-state index is 13.2. The minimum Gasteiger partial charge on any atom is -0.479 e. The highest BCUT2D eigenvalue weighted by molar-refractivity contribution is 7.10. The molecule has 1 aromatic heterocycles. The Morgan fingerprint density at radius 3 is 2.66 bits per heavy atom. The smallest absolute Gasteiger partial charge is 0.268 e. The van der Waals surface area contributed by atoms with Crippen LogP contribution < -0.4 is 15.0 Å². The van der Waals surface area contributed by atoms with Gasteiger partial charge in [0.2, 0.25) is 5.91 Å². The molecule has 8 heteroatoms. The van der Waals surface area contributed by atoms with Gasteiger partial charge in [0.1, 0.15) is 18.1 Å². The highest BCUT2D eigenvalue weighted by Gasteiger charge is 2.33. The SMILES string of the molecule is CC1Oc2ccc(-c3csc(Cc4ccccc4)n3)cc2N(CC(=O)Nc2ccc(F)cc2)C1=O. The van der Waals surface area contributed by atoms with E-state index >= 15 is 0 Å². The van der Waals surface area contributed by atoms with Crippen LogP contribution in [0.2, 0.25) is 0 Å². The third kappa shape index (κ3) is 5.07. The van der Waals surface area contributed by atoms with Gasteiger partial charge in [-0.25, -0.2) is 9.37 Å². The molecule has 0 aliphatic carbocycles. The van der Waals surface area contributed by atoms with E-state index in [0.29, 0.717) is 17.1 Å². The van der Waals surface area contributed by atoms with Crippen molar-refractivity contribution in [1.82, 2.24) is 4.98 Å². The highest BCUT2D eigenvalue weighted by Crippen LogP contribution is 2.38. The lowest BCUT2D eigenvalue weighted by Gasteiger charge is -2.32. The quantitative estimate of drug-likeness (QED) is 0.401. The molecule has 3 aromatic carbocycles. The van der Waals surface area contributed by atoms with Crippen molar-refractivity contribution < 1.29 is 18.7 Å². The molecule has 0 bridgehead atoms. The van der Waals surface area contributed by atoms with Gasteiger partial charge in [-0.1, -0.05) is 30.3 Å². The van der Waals surface area contributed by atoms with E-state index < -0.39 is 17.8 Å². The molecule has 6 nitrogen and oxygen atoms in total. The van der Waals surface area contributed by atoms with E-state index in [-0.39, 0.29) is 12.5 Å². The monoisotopic (exact) mass is 487 g/mol. The Kier molecular flexibility index (Phi) is 6.29. The third-order valence-corrected chi connectivity index (χ3v) is 6.49. The normalized spacial score (nSPS) is 14.9. The Morgan fingerprint density at radius 1 is 1.11 bits per heavy atom. The van der Waals surface area contributed by atoms with Crippen molar-refractivity contribution in [3.05, 3.63) is 94.6 Å². The Labute approximate surface area is 206 Å². The second-order valence-corrected chi connectivity index (χ2v) is 9.15. The number of nitrogens with one attached hydrogen (secondary N) is 1. The Bertz CT molecular complexity index is 1370. The number of hydrogen-bond acceptors (Lipinski definition) is 5. The molecule has 0 saturated heterocycles. The van der Waals surface area contributed by atoms with Gasteiger partial charge in [-0.15, -0.1) is 11.3 Å². The van der Waals surface area contributed by atoms with Crippen molar-refractivity contribution in [1.29, 1.82) is 0 Å². The third-order valence-electron chi connectivity index (χ3n) is 5.64. The van der Waals surface area contributed by atoms with Crippen LogP contribution in [0.25, 0.3) is 11.3 Å². The summed E-state index contributed by atoms with van der Waals surface area (Å²) in [7, 11) is 0. The van der Waals surface area contributed by atoms with Crippen LogP contribution in [-0.2, 0) is 16.0 Å². The fourth-order valence-corrected chi connectivity index (χ4v) is 4.74. The number of anilines is 2. The van der Waals surface area contributed by atoms with Gasteiger partial charge in [0.25, 0.3) is 5.91 Å². The first kappa shape index (κ1) is 22.7. The van der Waals surface area contributed by atoms with Gasteiger partial charge in [-0.05, 0) is 55.0 Å². The van der Waals surface area contributed by atoms with E-state index in [9.17, 15) is 14.0 Å². The van der Waals surface area contributed by atoms with Crippen LogP contribution >= 0.6 is 11.3 Å². The van der Waals surface area contributed by atoms with Crippen LogP contribution in [0, 0.1) is 5.82 Å². The van der Waals surface area contributed by atoms with E-state index in [1.54, 1.807) is 24.3 Å². The van der Waals surface area contributed by atoms with Gasteiger partial charge in [-0.2, -0.15) is 0 Å². The van der Waals surface area contributed by atoms with Crippen LogP contribution in [0.3, 0.4) is 0 Å². The molecular weight excluding hydrogens is 465 g/mol. The van der Waals surface area contributed by atoms with Crippen LogP contribution in [0.4, 0.5) is 15.8 Å². The number of hydrogen-bond donors (Lipinski definition) is 1. The number of thiazole rings is 1. The molecule has 0 fully saturated rings. The first-order valence-electron chi connectivity index (χ1n) is 11.1. The van der Waals surface area contributed by atoms with E-state index in [1.807, 2.05) is 35.7 Å². The molecule has 5 rings (SSSR count). The predicted octanol–water partition coefficient (Wildman–Crippen LogP) is 5.29. The number of benzene rings is 3. The van der Waals surface area contributed by atoms with Crippen molar-refractivity contribution in [2.45, 2.75) is 19.4 Å². The molecule has 1 atom stereocenters. The number of halogens is 1. The standard InChI is InChI=1S/C27H22FN3O3S/c1-17-27(33)31(15-25(32)29-21-10-8-20(28)9-11-21)23-14-19(7-12-24(23)34-17)22-16-35-26(30-22)13-18-5-3-2-4-6-18/h2-12,14,16-17H,13,15H2,1H3,(H,29,32). The Balaban J connectivity index is 1.38. The molecular formula is C27H22FN3O3S. The molecule has 0 saturated carbocycles. The zero-order valence-corrected chi connectivity index (χ0v) is 19.7. The number of rotatable bonds is 6. The molecule has 0 spiro atoms. The number of fused-ring (bicyclic) bond motifs is 1. The van der Waals surface area contributed by atoms with Crippen molar-refractivity contribution in [3.63, 3.8) is 0 Å². The molecule has 2 amide bonds. The summed E-state index contributed by atoms with van der Waals surface area (Å²) < 4.78 is 18.9. The number of carbonyl (C=O) groups is 2. The summed E-state index contributed by atoms with van der Waals surface area (Å²) in [4.78, 5) is 31.8. The molecule has 1 aliphatic heterocycles. The molecule has 35 heavy (non-hydrogen) atoms. The summed E-state index contributed by atoms with van der Waals surface area (Å²) in [6.45, 7) is 1.46. The summed E-state index contributed by atoms with van der Waals surface area (Å²) in [5.74, 6) is -0.577. The van der Waals surface area contributed by atoms with Gasteiger partial charge in [0.15, 0.2) is 6.10 Å². The number of carbonyl (C=O) groups excluding carboxylic acids is 2. The average Bonchev–Trinajstić information content (AvgIpc) is 3.32. The lowest BCUT2D eigenvalue weighted by Crippen LogP contribution is -2.47. The van der Waals surface area contributed by atoms with E-state index in [4.69, 9.17) is 9.72 Å². The fraction of sp³-hybridized carbons (Fsp3) is 0.148. The second-order valence-electron chi connectivity index (χ2n) is 8.21. The zero-order chi connectivity index (χ0) is 24.4. The molecule has 1 N–H and O–H groups in total. The van der Waals surface area contributed by atoms with E-state index in [2.05, 4.69) is 17.4 Å². The largest absolute Gasteiger partial charge is 0.479 e. The van der Waals surface area contributed by atoms with Gasteiger partial charge < -0.3 is 10.1 Å². The van der Waals surface area contributed by atoms with Gasteiger partial charge >= 0.3 is 0 Å². The molecule has 2 heterocycles. The van der Waals surface area contributed by atoms with Crippen LogP contribution in [0.5, 0.6) is 5.75 Å². The summed E-state index contributed by atoms with van der Waals surface area (Å²) in [5.41, 5.74) is 3.77. The van der Waals surface area contributed by atoms with Crippen LogP contribution in [-0.4, -0.2) is 29.4 Å². The van der Waals surface area contributed by atoms with Gasteiger partial charge in [0, 0.05) is 23.1 Å². The molecule has 1 aliphatic rings. The maximum atomic E-state index is 13.2. The highest BCUT2D eigenvalue weighted by atomic mass is 32.1.